The molecule has 1 saturated carbocycles. The summed E-state index contributed by atoms with van der Waals surface area (Å²) in [5.74, 6) is 0. The van der Waals surface area contributed by atoms with Crippen molar-refractivity contribution in [2.24, 2.45) is 5.41 Å². The number of benzene rings is 1. The Balaban J connectivity index is 1.62. The van der Waals surface area contributed by atoms with Crippen molar-refractivity contribution in [3.63, 3.8) is 0 Å². The fraction of sp³-hybridized carbons (Fsp3) is 0.647. The molecule has 0 heterocycles. The zero-order valence-corrected chi connectivity index (χ0v) is 12.3. The van der Waals surface area contributed by atoms with Gasteiger partial charge in [-0.05, 0) is 36.8 Å². The molecule has 0 spiro atoms. The molecule has 0 amide bonds. The van der Waals surface area contributed by atoms with Crippen LogP contribution in [-0.4, -0.2) is 25.3 Å². The van der Waals surface area contributed by atoms with Gasteiger partial charge in [-0.3, -0.25) is 0 Å². The third-order valence-corrected chi connectivity index (χ3v) is 5.25. The van der Waals surface area contributed by atoms with E-state index in [1.807, 2.05) is 7.11 Å². The van der Waals surface area contributed by atoms with Crippen LogP contribution in [-0.2, 0) is 17.6 Å². The number of methoxy groups -OCH3 is 1. The molecule has 2 heteroatoms. The quantitative estimate of drug-likeness (QED) is 0.901. The van der Waals surface area contributed by atoms with Crippen molar-refractivity contribution >= 4 is 0 Å². The molecule has 1 aromatic rings. The first-order chi connectivity index (χ1) is 9.11. The van der Waals surface area contributed by atoms with E-state index in [1.165, 1.54) is 24.8 Å². The van der Waals surface area contributed by atoms with E-state index in [1.54, 1.807) is 5.56 Å². The van der Waals surface area contributed by atoms with Crippen molar-refractivity contribution in [3.05, 3.63) is 35.4 Å². The minimum Gasteiger partial charge on any atom is -0.381 e. The first-order valence-corrected chi connectivity index (χ1v) is 7.47. The van der Waals surface area contributed by atoms with Crippen LogP contribution < -0.4 is 5.32 Å². The molecule has 0 radical (unpaired) electrons. The van der Waals surface area contributed by atoms with E-state index >= 15 is 0 Å². The minimum atomic E-state index is 0.270. The molecule has 3 unspecified atom stereocenters. The van der Waals surface area contributed by atoms with Crippen molar-refractivity contribution in [2.75, 3.05) is 7.11 Å². The molecule has 0 bridgehead atoms. The van der Waals surface area contributed by atoms with Crippen molar-refractivity contribution in [2.45, 2.75) is 57.7 Å². The first kappa shape index (κ1) is 13.1. The van der Waals surface area contributed by atoms with Gasteiger partial charge < -0.3 is 10.1 Å². The van der Waals surface area contributed by atoms with Gasteiger partial charge in [0.05, 0.1) is 6.10 Å². The molecule has 2 aliphatic rings. The first-order valence-electron chi connectivity index (χ1n) is 7.47. The zero-order valence-electron chi connectivity index (χ0n) is 12.3. The standard InChI is InChI=1S/C17H25NO/c1-17(2)15(11-16(17)19-3)18-14-9-8-12-6-4-5-7-13(12)10-14/h4-7,14-16,18H,8-11H2,1-3H3. The Morgan fingerprint density at radius 1 is 1.21 bits per heavy atom. The molecule has 2 aliphatic carbocycles. The predicted molar refractivity (Wildman–Crippen MR) is 78.4 cm³/mol. The molecule has 1 fully saturated rings. The van der Waals surface area contributed by atoms with Crippen molar-refractivity contribution in [1.29, 1.82) is 0 Å². The van der Waals surface area contributed by atoms with Gasteiger partial charge in [0.1, 0.15) is 0 Å². The zero-order chi connectivity index (χ0) is 13.5. The topological polar surface area (TPSA) is 21.3 Å². The lowest BCUT2D eigenvalue weighted by Crippen LogP contribution is -2.63. The van der Waals surface area contributed by atoms with E-state index in [0.717, 1.165) is 6.42 Å². The number of nitrogens with one attached hydrogen (secondary N) is 1. The summed E-state index contributed by atoms with van der Waals surface area (Å²) < 4.78 is 5.54. The summed E-state index contributed by atoms with van der Waals surface area (Å²) in [5, 5.41) is 3.87. The summed E-state index contributed by atoms with van der Waals surface area (Å²) >= 11 is 0. The average molecular weight is 259 g/mol. The Bertz CT molecular complexity index is 454. The van der Waals surface area contributed by atoms with E-state index in [9.17, 15) is 0 Å². The number of hydrogen-bond donors (Lipinski definition) is 1. The monoisotopic (exact) mass is 259 g/mol. The Labute approximate surface area is 116 Å². The summed E-state index contributed by atoms with van der Waals surface area (Å²) in [6.45, 7) is 4.64. The van der Waals surface area contributed by atoms with Gasteiger partial charge in [0.25, 0.3) is 0 Å². The van der Waals surface area contributed by atoms with Gasteiger partial charge in [0, 0.05) is 24.6 Å². The number of fused-ring (bicyclic) bond motifs is 1. The number of rotatable bonds is 3. The third kappa shape index (κ3) is 2.32. The van der Waals surface area contributed by atoms with Crippen LogP contribution in [0.5, 0.6) is 0 Å². The van der Waals surface area contributed by atoms with Crippen molar-refractivity contribution in [3.8, 4) is 0 Å². The second-order valence-electron chi connectivity index (χ2n) is 6.71. The molecule has 19 heavy (non-hydrogen) atoms. The predicted octanol–water partition coefficient (Wildman–Crippen LogP) is 2.95. The summed E-state index contributed by atoms with van der Waals surface area (Å²) in [6.07, 6.45) is 5.23. The van der Waals surface area contributed by atoms with Crippen LogP contribution in [0.4, 0.5) is 0 Å². The van der Waals surface area contributed by atoms with Crippen molar-refractivity contribution in [1.82, 2.24) is 5.32 Å². The highest BCUT2D eigenvalue weighted by atomic mass is 16.5. The molecule has 3 rings (SSSR count). The van der Waals surface area contributed by atoms with Crippen LogP contribution in [0.3, 0.4) is 0 Å². The Morgan fingerprint density at radius 2 is 1.95 bits per heavy atom. The van der Waals surface area contributed by atoms with Gasteiger partial charge in [0.2, 0.25) is 0 Å². The Kier molecular flexibility index (Phi) is 3.40. The third-order valence-electron chi connectivity index (χ3n) is 5.25. The Morgan fingerprint density at radius 3 is 2.63 bits per heavy atom. The second kappa shape index (κ2) is 4.92. The van der Waals surface area contributed by atoms with Gasteiger partial charge in [-0.25, -0.2) is 0 Å². The van der Waals surface area contributed by atoms with Crippen LogP contribution in [0.2, 0.25) is 0 Å². The van der Waals surface area contributed by atoms with Crippen LogP contribution in [0.25, 0.3) is 0 Å². The maximum absolute atomic E-state index is 5.54. The normalized spacial score (nSPS) is 32.5. The molecule has 104 valence electrons. The van der Waals surface area contributed by atoms with Crippen LogP contribution in [0.15, 0.2) is 24.3 Å². The average Bonchev–Trinajstić information content (AvgIpc) is 2.42. The molecule has 1 aromatic carbocycles. The smallest absolute Gasteiger partial charge is 0.0652 e. The fourth-order valence-electron chi connectivity index (χ4n) is 3.69. The van der Waals surface area contributed by atoms with Gasteiger partial charge in [0.15, 0.2) is 0 Å². The summed E-state index contributed by atoms with van der Waals surface area (Å²) in [6, 6.07) is 10.1. The molecule has 0 aromatic heterocycles. The highest BCUT2D eigenvalue weighted by Gasteiger charge is 2.48. The summed E-state index contributed by atoms with van der Waals surface area (Å²) in [5.41, 5.74) is 3.35. The lowest BCUT2D eigenvalue weighted by molar-refractivity contribution is -0.100. The molecule has 2 nitrogen and oxygen atoms in total. The van der Waals surface area contributed by atoms with E-state index in [2.05, 4.69) is 43.4 Å². The lowest BCUT2D eigenvalue weighted by atomic mass is 9.64. The summed E-state index contributed by atoms with van der Waals surface area (Å²) in [7, 11) is 1.83. The van der Waals surface area contributed by atoms with Gasteiger partial charge >= 0.3 is 0 Å². The minimum absolute atomic E-state index is 0.270. The van der Waals surface area contributed by atoms with Crippen molar-refractivity contribution < 1.29 is 4.74 Å². The van der Waals surface area contributed by atoms with Gasteiger partial charge in [-0.15, -0.1) is 0 Å². The highest BCUT2D eigenvalue weighted by Crippen LogP contribution is 2.43. The molecule has 0 saturated heterocycles. The largest absolute Gasteiger partial charge is 0.381 e. The van der Waals surface area contributed by atoms with Crippen LogP contribution in [0.1, 0.15) is 37.8 Å². The highest BCUT2D eigenvalue weighted by molar-refractivity contribution is 5.30. The van der Waals surface area contributed by atoms with Crippen LogP contribution >= 0.6 is 0 Å². The maximum Gasteiger partial charge on any atom is 0.0652 e. The van der Waals surface area contributed by atoms with E-state index in [4.69, 9.17) is 4.74 Å². The molecule has 0 aliphatic heterocycles. The van der Waals surface area contributed by atoms with E-state index < -0.39 is 0 Å². The van der Waals surface area contributed by atoms with Gasteiger partial charge in [-0.1, -0.05) is 38.1 Å². The van der Waals surface area contributed by atoms with E-state index in [-0.39, 0.29) is 5.41 Å². The summed E-state index contributed by atoms with van der Waals surface area (Å²) in [4.78, 5) is 0. The molecule has 1 N–H and O–H groups in total. The van der Waals surface area contributed by atoms with E-state index in [0.29, 0.717) is 18.2 Å². The molecular weight excluding hydrogens is 234 g/mol. The SMILES string of the molecule is COC1CC(NC2CCc3ccccc3C2)C1(C)C. The number of aryl methyl sites for hydroxylation is 1. The molecular formula is C17H25NO. The molecule has 3 atom stereocenters. The second-order valence-corrected chi connectivity index (χ2v) is 6.71. The van der Waals surface area contributed by atoms with Crippen LogP contribution in [0, 0.1) is 5.41 Å². The maximum atomic E-state index is 5.54. The lowest BCUT2D eigenvalue weighted by Gasteiger charge is -2.53. The number of ether oxygens (including phenoxy) is 1. The number of hydrogen-bond acceptors (Lipinski definition) is 2. The van der Waals surface area contributed by atoms with Gasteiger partial charge in [-0.2, -0.15) is 0 Å². The Hall–Kier alpha value is -0.860. The fourth-order valence-corrected chi connectivity index (χ4v) is 3.69.